The quantitative estimate of drug-likeness (QED) is 0.434. The summed E-state index contributed by atoms with van der Waals surface area (Å²) in [4.78, 5) is 5.13. The van der Waals surface area contributed by atoms with Crippen molar-refractivity contribution in [2.24, 2.45) is 5.84 Å². The number of aromatic nitrogens is 1. The number of nitrogens with one attached hydrogen (secondary N) is 1. The molecule has 1 heterocycles. The molecule has 2 aromatic rings. The Morgan fingerprint density at radius 2 is 2.05 bits per heavy atom. The van der Waals surface area contributed by atoms with Crippen molar-refractivity contribution in [1.29, 1.82) is 0 Å². The number of pyridine rings is 1. The molecule has 0 saturated carbocycles. The van der Waals surface area contributed by atoms with Gasteiger partial charge in [-0.3, -0.25) is 11.3 Å². The van der Waals surface area contributed by atoms with Gasteiger partial charge >= 0.3 is 0 Å². The molecule has 1 aromatic heterocycles. The number of halogens is 1. The lowest BCUT2D eigenvalue weighted by Gasteiger charge is -2.16. The van der Waals surface area contributed by atoms with Crippen LogP contribution >= 0.6 is 23.4 Å². The third-order valence-electron chi connectivity index (χ3n) is 2.90. The molecule has 106 valence electrons. The first-order valence-corrected chi connectivity index (χ1v) is 7.60. The van der Waals surface area contributed by atoms with Gasteiger partial charge in [-0.2, -0.15) is 0 Å². The fourth-order valence-electron chi connectivity index (χ4n) is 1.81. The molecule has 4 nitrogen and oxygen atoms in total. The van der Waals surface area contributed by atoms with E-state index in [1.165, 1.54) is 0 Å². The molecule has 0 bridgehead atoms. The first-order valence-electron chi connectivity index (χ1n) is 6.23. The fourth-order valence-corrected chi connectivity index (χ4v) is 3.08. The van der Waals surface area contributed by atoms with Crippen LogP contribution in [0.4, 0.5) is 5.82 Å². The average Bonchev–Trinajstić information content (AvgIpc) is 2.47. The van der Waals surface area contributed by atoms with E-state index in [0.29, 0.717) is 5.82 Å². The molecule has 0 radical (unpaired) electrons. The normalized spacial score (nSPS) is 12.3. The SMILES string of the molecule is NNC(CSc1ccccc1Cl)Cc1cccnc1N. The van der Waals surface area contributed by atoms with Crippen molar-refractivity contribution in [2.45, 2.75) is 17.4 Å². The van der Waals surface area contributed by atoms with Gasteiger partial charge in [-0.15, -0.1) is 11.8 Å². The molecule has 0 aliphatic carbocycles. The summed E-state index contributed by atoms with van der Waals surface area (Å²) < 4.78 is 0. The first kappa shape index (κ1) is 15.1. The van der Waals surface area contributed by atoms with E-state index in [0.717, 1.165) is 27.7 Å². The second kappa shape index (κ2) is 7.50. The molecule has 1 unspecified atom stereocenters. The molecule has 0 spiro atoms. The van der Waals surface area contributed by atoms with Gasteiger partial charge in [0.1, 0.15) is 5.82 Å². The van der Waals surface area contributed by atoms with Crippen LogP contribution in [0, 0.1) is 0 Å². The van der Waals surface area contributed by atoms with Gasteiger partial charge in [-0.05, 0) is 30.2 Å². The van der Waals surface area contributed by atoms with Crippen LogP contribution in [0.2, 0.25) is 5.02 Å². The number of nitrogens with zero attached hydrogens (tertiary/aromatic N) is 1. The van der Waals surface area contributed by atoms with Crippen LogP contribution in [0.15, 0.2) is 47.5 Å². The Hall–Kier alpha value is -1.27. The van der Waals surface area contributed by atoms with E-state index in [-0.39, 0.29) is 6.04 Å². The number of hydrazine groups is 1. The van der Waals surface area contributed by atoms with Gasteiger partial charge in [-0.25, -0.2) is 4.98 Å². The number of nitrogens with two attached hydrogens (primary N) is 2. The van der Waals surface area contributed by atoms with Gasteiger partial charge in [-0.1, -0.05) is 29.8 Å². The molecule has 1 atom stereocenters. The van der Waals surface area contributed by atoms with Crippen molar-refractivity contribution in [3.8, 4) is 0 Å². The second-order valence-corrected chi connectivity index (χ2v) is 5.83. The summed E-state index contributed by atoms with van der Waals surface area (Å²) in [6.07, 6.45) is 2.41. The molecule has 0 aliphatic heterocycles. The van der Waals surface area contributed by atoms with Crippen molar-refractivity contribution in [2.75, 3.05) is 11.5 Å². The van der Waals surface area contributed by atoms with Crippen LogP contribution in [0.5, 0.6) is 0 Å². The van der Waals surface area contributed by atoms with E-state index < -0.39 is 0 Å². The van der Waals surface area contributed by atoms with E-state index in [4.69, 9.17) is 23.2 Å². The lowest BCUT2D eigenvalue weighted by Crippen LogP contribution is -2.38. The summed E-state index contributed by atoms with van der Waals surface area (Å²) in [5.74, 6) is 6.97. The lowest BCUT2D eigenvalue weighted by molar-refractivity contribution is 0.575. The Morgan fingerprint density at radius 3 is 2.75 bits per heavy atom. The standard InChI is InChI=1S/C14H17ClN4S/c15-12-5-1-2-6-13(12)20-9-11(19-17)8-10-4-3-7-18-14(10)16/h1-7,11,19H,8-9,17H2,(H2,16,18). The Balaban J connectivity index is 1.96. The summed E-state index contributed by atoms with van der Waals surface area (Å²) in [6.45, 7) is 0. The highest BCUT2D eigenvalue weighted by Gasteiger charge is 2.11. The summed E-state index contributed by atoms with van der Waals surface area (Å²) in [5, 5.41) is 0.758. The largest absolute Gasteiger partial charge is 0.383 e. The molecular weight excluding hydrogens is 292 g/mol. The maximum absolute atomic E-state index is 6.13. The number of thioether (sulfide) groups is 1. The molecular formula is C14H17ClN4S. The maximum Gasteiger partial charge on any atom is 0.126 e. The summed E-state index contributed by atoms with van der Waals surface area (Å²) in [5.41, 5.74) is 9.66. The van der Waals surface area contributed by atoms with Crippen molar-refractivity contribution >= 4 is 29.2 Å². The highest BCUT2D eigenvalue weighted by atomic mass is 35.5. The van der Waals surface area contributed by atoms with Crippen LogP contribution in [-0.4, -0.2) is 16.8 Å². The minimum Gasteiger partial charge on any atom is -0.383 e. The molecule has 0 saturated heterocycles. The highest BCUT2D eigenvalue weighted by Crippen LogP contribution is 2.27. The molecule has 0 amide bonds. The molecule has 6 heteroatoms. The zero-order valence-electron chi connectivity index (χ0n) is 10.9. The van der Waals surface area contributed by atoms with Crippen molar-refractivity contribution in [3.63, 3.8) is 0 Å². The predicted octanol–water partition coefficient (Wildman–Crippen LogP) is 2.48. The molecule has 1 aromatic carbocycles. The number of hydrogen-bond donors (Lipinski definition) is 3. The fraction of sp³-hybridized carbons (Fsp3) is 0.214. The zero-order valence-corrected chi connectivity index (χ0v) is 12.5. The third-order valence-corrected chi connectivity index (χ3v) is 4.58. The van der Waals surface area contributed by atoms with E-state index in [9.17, 15) is 0 Å². The predicted molar refractivity (Wildman–Crippen MR) is 85.6 cm³/mol. The van der Waals surface area contributed by atoms with Gasteiger partial charge in [0.2, 0.25) is 0 Å². The Labute approximate surface area is 127 Å². The van der Waals surface area contributed by atoms with Gasteiger partial charge in [0.05, 0.1) is 5.02 Å². The van der Waals surface area contributed by atoms with Crippen LogP contribution < -0.4 is 17.0 Å². The number of benzene rings is 1. The van der Waals surface area contributed by atoms with Gasteiger partial charge in [0.15, 0.2) is 0 Å². The summed E-state index contributed by atoms with van der Waals surface area (Å²) in [7, 11) is 0. The molecule has 2 rings (SSSR count). The number of anilines is 1. The van der Waals surface area contributed by atoms with E-state index >= 15 is 0 Å². The molecule has 5 N–H and O–H groups in total. The van der Waals surface area contributed by atoms with Gasteiger partial charge in [0, 0.05) is 22.9 Å². The van der Waals surface area contributed by atoms with Crippen LogP contribution in [0.3, 0.4) is 0 Å². The minimum absolute atomic E-state index is 0.0998. The van der Waals surface area contributed by atoms with Crippen LogP contribution in [0.1, 0.15) is 5.56 Å². The Kier molecular flexibility index (Phi) is 5.67. The molecule has 0 fully saturated rings. The number of hydrogen-bond acceptors (Lipinski definition) is 5. The van der Waals surface area contributed by atoms with E-state index in [1.807, 2.05) is 36.4 Å². The van der Waals surface area contributed by atoms with Crippen molar-refractivity contribution < 1.29 is 0 Å². The van der Waals surface area contributed by atoms with Crippen LogP contribution in [-0.2, 0) is 6.42 Å². The van der Waals surface area contributed by atoms with E-state index in [2.05, 4.69) is 10.4 Å². The highest BCUT2D eigenvalue weighted by molar-refractivity contribution is 7.99. The van der Waals surface area contributed by atoms with Gasteiger partial charge in [0.25, 0.3) is 0 Å². The summed E-state index contributed by atoms with van der Waals surface area (Å²) >= 11 is 7.80. The third kappa shape index (κ3) is 4.11. The topological polar surface area (TPSA) is 77.0 Å². The van der Waals surface area contributed by atoms with E-state index in [1.54, 1.807) is 18.0 Å². The minimum atomic E-state index is 0.0998. The molecule has 0 aliphatic rings. The second-order valence-electron chi connectivity index (χ2n) is 4.36. The zero-order chi connectivity index (χ0) is 14.4. The van der Waals surface area contributed by atoms with Crippen molar-refractivity contribution in [3.05, 3.63) is 53.2 Å². The number of nitrogen functional groups attached to an aromatic ring is 1. The summed E-state index contributed by atoms with van der Waals surface area (Å²) in [6, 6.07) is 11.7. The Bertz CT molecular complexity index is 564. The first-order chi connectivity index (χ1) is 9.70. The lowest BCUT2D eigenvalue weighted by atomic mass is 10.1. The Morgan fingerprint density at radius 1 is 1.25 bits per heavy atom. The average molecular weight is 309 g/mol. The molecule has 20 heavy (non-hydrogen) atoms. The number of rotatable bonds is 6. The smallest absolute Gasteiger partial charge is 0.126 e. The van der Waals surface area contributed by atoms with Crippen molar-refractivity contribution in [1.82, 2.24) is 10.4 Å². The maximum atomic E-state index is 6.13. The monoisotopic (exact) mass is 308 g/mol. The van der Waals surface area contributed by atoms with Crippen LogP contribution in [0.25, 0.3) is 0 Å². The van der Waals surface area contributed by atoms with Gasteiger partial charge < -0.3 is 5.73 Å².